The van der Waals surface area contributed by atoms with Crippen molar-refractivity contribution in [1.29, 1.82) is 0 Å². The number of rotatable bonds is 6. The number of benzene rings is 3. The van der Waals surface area contributed by atoms with E-state index in [1.807, 2.05) is 0 Å². The molecule has 0 spiro atoms. The van der Waals surface area contributed by atoms with Gasteiger partial charge in [0.15, 0.2) is 0 Å². The summed E-state index contributed by atoms with van der Waals surface area (Å²) in [6.07, 6.45) is 2.30. The predicted molar refractivity (Wildman–Crippen MR) is 137 cm³/mol. The van der Waals surface area contributed by atoms with Gasteiger partial charge in [0.25, 0.3) is 0 Å². The Hall–Kier alpha value is -2.04. The maximum absolute atomic E-state index is 5.54. The first-order valence-electron chi connectivity index (χ1n) is 10.4. The summed E-state index contributed by atoms with van der Waals surface area (Å²) in [4.78, 5) is 5.14. The third-order valence-corrected chi connectivity index (χ3v) is 5.74. The standard InChI is InChI=1S/C26H30N2O.2ClH/c1-21(18-22-8-4-3-5-9-22)19-27-14-16-28(17-15-27)20-23-12-13-26(29-2)25-11-7-6-10-24(23)25;;/h3-13,18H,14-17,19-20H2,1-2H3;2*1H/b21-18+;;. The first-order valence-corrected chi connectivity index (χ1v) is 10.4. The summed E-state index contributed by atoms with van der Waals surface area (Å²) < 4.78 is 5.54. The quantitative estimate of drug-likeness (QED) is 0.456. The molecule has 0 radical (unpaired) electrons. The minimum atomic E-state index is 0. The third kappa shape index (κ3) is 6.47. The van der Waals surface area contributed by atoms with E-state index in [0.717, 1.165) is 45.0 Å². The molecule has 1 fully saturated rings. The van der Waals surface area contributed by atoms with Crippen LogP contribution in [0.4, 0.5) is 0 Å². The van der Waals surface area contributed by atoms with E-state index >= 15 is 0 Å². The number of methoxy groups -OCH3 is 1. The first-order chi connectivity index (χ1) is 14.2. The number of halogens is 2. The van der Waals surface area contributed by atoms with Gasteiger partial charge in [-0.3, -0.25) is 9.80 Å². The van der Waals surface area contributed by atoms with E-state index < -0.39 is 0 Å². The molecular formula is C26H32Cl2N2O. The second-order valence-corrected chi connectivity index (χ2v) is 7.93. The molecule has 0 bridgehead atoms. The summed E-state index contributed by atoms with van der Waals surface area (Å²) in [6.45, 7) is 8.74. The maximum atomic E-state index is 5.54. The van der Waals surface area contributed by atoms with Crippen LogP contribution >= 0.6 is 24.8 Å². The molecule has 3 aromatic rings. The molecule has 0 unspecified atom stereocenters. The topological polar surface area (TPSA) is 15.7 Å². The van der Waals surface area contributed by atoms with E-state index in [2.05, 4.69) is 89.5 Å². The van der Waals surface area contributed by atoms with E-state index in [1.54, 1.807) is 7.11 Å². The lowest BCUT2D eigenvalue weighted by Gasteiger charge is -2.35. The van der Waals surface area contributed by atoms with Crippen LogP contribution in [0.5, 0.6) is 5.75 Å². The van der Waals surface area contributed by atoms with Crippen LogP contribution in [-0.4, -0.2) is 49.6 Å². The molecule has 1 heterocycles. The van der Waals surface area contributed by atoms with E-state index in [4.69, 9.17) is 4.74 Å². The van der Waals surface area contributed by atoms with Crippen molar-refractivity contribution >= 4 is 41.7 Å². The van der Waals surface area contributed by atoms with Crippen molar-refractivity contribution in [3.8, 4) is 5.75 Å². The Kier molecular flexibility index (Phi) is 9.86. The SMILES string of the molecule is COc1ccc(CN2CCN(C/C(C)=C/c3ccccc3)CC2)c2ccccc12.Cl.Cl. The number of hydrogen-bond donors (Lipinski definition) is 0. The van der Waals surface area contributed by atoms with Gasteiger partial charge in [0.2, 0.25) is 0 Å². The van der Waals surface area contributed by atoms with Gasteiger partial charge >= 0.3 is 0 Å². The van der Waals surface area contributed by atoms with Crippen molar-refractivity contribution < 1.29 is 4.74 Å². The van der Waals surface area contributed by atoms with Gasteiger partial charge in [-0.05, 0) is 29.5 Å². The zero-order valence-corrected chi connectivity index (χ0v) is 19.9. The molecule has 0 aromatic heterocycles. The van der Waals surface area contributed by atoms with Crippen molar-refractivity contribution in [2.24, 2.45) is 0 Å². The lowest BCUT2D eigenvalue weighted by Crippen LogP contribution is -2.46. The highest BCUT2D eigenvalue weighted by molar-refractivity contribution is 5.91. The van der Waals surface area contributed by atoms with E-state index in [1.165, 1.54) is 27.5 Å². The van der Waals surface area contributed by atoms with E-state index in [9.17, 15) is 0 Å². The average molecular weight is 459 g/mol. The van der Waals surface area contributed by atoms with Gasteiger partial charge in [0.1, 0.15) is 5.75 Å². The molecule has 31 heavy (non-hydrogen) atoms. The zero-order valence-electron chi connectivity index (χ0n) is 18.3. The van der Waals surface area contributed by atoms with Gasteiger partial charge in [-0.2, -0.15) is 0 Å². The van der Waals surface area contributed by atoms with Crippen LogP contribution in [0.25, 0.3) is 16.8 Å². The summed E-state index contributed by atoms with van der Waals surface area (Å²) in [5, 5.41) is 2.50. The van der Waals surface area contributed by atoms with Gasteiger partial charge in [0.05, 0.1) is 7.11 Å². The molecular weight excluding hydrogens is 427 g/mol. The average Bonchev–Trinajstić information content (AvgIpc) is 2.76. The minimum absolute atomic E-state index is 0. The Morgan fingerprint density at radius 2 is 1.42 bits per heavy atom. The molecule has 0 atom stereocenters. The van der Waals surface area contributed by atoms with E-state index in [0.29, 0.717) is 0 Å². The molecule has 3 aromatic carbocycles. The number of hydrogen-bond acceptors (Lipinski definition) is 3. The number of nitrogens with zero attached hydrogens (tertiary/aromatic N) is 2. The lowest BCUT2D eigenvalue weighted by molar-refractivity contribution is 0.135. The monoisotopic (exact) mass is 458 g/mol. The van der Waals surface area contributed by atoms with Gasteiger partial charge < -0.3 is 4.74 Å². The summed E-state index contributed by atoms with van der Waals surface area (Å²) >= 11 is 0. The number of piperazine rings is 1. The van der Waals surface area contributed by atoms with Crippen molar-refractivity contribution in [1.82, 2.24) is 9.80 Å². The van der Waals surface area contributed by atoms with Crippen molar-refractivity contribution in [2.75, 3.05) is 39.8 Å². The number of fused-ring (bicyclic) bond motifs is 1. The highest BCUT2D eigenvalue weighted by atomic mass is 35.5. The second kappa shape index (κ2) is 12.1. The van der Waals surface area contributed by atoms with Crippen LogP contribution in [0.1, 0.15) is 18.1 Å². The summed E-state index contributed by atoms with van der Waals surface area (Å²) in [7, 11) is 1.74. The first kappa shape index (κ1) is 25.2. The molecule has 3 nitrogen and oxygen atoms in total. The van der Waals surface area contributed by atoms with Crippen LogP contribution in [0, 0.1) is 0 Å². The Morgan fingerprint density at radius 1 is 0.806 bits per heavy atom. The molecule has 0 saturated carbocycles. The lowest BCUT2D eigenvalue weighted by atomic mass is 10.0. The Morgan fingerprint density at radius 3 is 2.10 bits per heavy atom. The van der Waals surface area contributed by atoms with E-state index in [-0.39, 0.29) is 24.8 Å². The zero-order chi connectivity index (χ0) is 20.1. The van der Waals surface area contributed by atoms with Crippen molar-refractivity contribution in [3.63, 3.8) is 0 Å². The fourth-order valence-electron chi connectivity index (χ4n) is 4.23. The molecule has 5 heteroatoms. The third-order valence-electron chi connectivity index (χ3n) is 5.74. The highest BCUT2D eigenvalue weighted by Gasteiger charge is 2.18. The Labute approximate surface area is 198 Å². The van der Waals surface area contributed by atoms with Crippen LogP contribution in [-0.2, 0) is 6.54 Å². The minimum Gasteiger partial charge on any atom is -0.496 e. The molecule has 1 saturated heterocycles. The largest absolute Gasteiger partial charge is 0.496 e. The molecule has 0 aliphatic carbocycles. The fourth-order valence-corrected chi connectivity index (χ4v) is 4.23. The smallest absolute Gasteiger partial charge is 0.126 e. The Bertz CT molecular complexity index is 983. The molecule has 0 amide bonds. The Balaban J connectivity index is 0.00000171. The van der Waals surface area contributed by atoms with Gasteiger partial charge in [0, 0.05) is 44.7 Å². The summed E-state index contributed by atoms with van der Waals surface area (Å²) in [5.41, 5.74) is 4.09. The second-order valence-electron chi connectivity index (χ2n) is 7.93. The fraction of sp³-hybridized carbons (Fsp3) is 0.308. The van der Waals surface area contributed by atoms with Crippen LogP contribution in [0.3, 0.4) is 0 Å². The molecule has 1 aliphatic rings. The van der Waals surface area contributed by atoms with Crippen molar-refractivity contribution in [3.05, 3.63) is 83.4 Å². The van der Waals surface area contributed by atoms with Gasteiger partial charge in [-0.1, -0.05) is 72.3 Å². The molecule has 0 N–H and O–H groups in total. The summed E-state index contributed by atoms with van der Waals surface area (Å²) in [6, 6.07) is 23.5. The summed E-state index contributed by atoms with van der Waals surface area (Å²) in [5.74, 6) is 0.954. The van der Waals surface area contributed by atoms with Crippen LogP contribution in [0.2, 0.25) is 0 Å². The number of ether oxygens (including phenoxy) is 1. The van der Waals surface area contributed by atoms with Crippen LogP contribution < -0.4 is 4.74 Å². The predicted octanol–water partition coefficient (Wildman–Crippen LogP) is 5.91. The molecule has 166 valence electrons. The van der Waals surface area contributed by atoms with Gasteiger partial charge in [-0.15, -0.1) is 24.8 Å². The normalized spacial score (nSPS) is 15.2. The maximum Gasteiger partial charge on any atom is 0.126 e. The highest BCUT2D eigenvalue weighted by Crippen LogP contribution is 2.29. The molecule has 1 aliphatic heterocycles. The van der Waals surface area contributed by atoms with Crippen molar-refractivity contribution in [2.45, 2.75) is 13.5 Å². The van der Waals surface area contributed by atoms with Gasteiger partial charge in [-0.25, -0.2) is 0 Å². The molecule has 4 rings (SSSR count). The van der Waals surface area contributed by atoms with Crippen LogP contribution in [0.15, 0.2) is 72.3 Å².